The molecule has 2 aromatic rings. The highest BCUT2D eigenvalue weighted by molar-refractivity contribution is 7.16. The van der Waals surface area contributed by atoms with Crippen LogP contribution in [-0.2, 0) is 10.3 Å². The Morgan fingerprint density at radius 1 is 1.43 bits per heavy atom. The first-order valence-corrected chi connectivity index (χ1v) is 8.07. The molecule has 0 radical (unpaired) electrons. The molecular weight excluding hydrogens is 310 g/mol. The number of guanidine groups is 1. The van der Waals surface area contributed by atoms with Gasteiger partial charge in [-0.1, -0.05) is 0 Å². The number of rotatable bonds is 2. The summed E-state index contributed by atoms with van der Waals surface area (Å²) < 4.78 is 0. The lowest BCUT2D eigenvalue weighted by Gasteiger charge is -2.38. The SMILES string of the molecule is Cc1cncc(-c2sc([C@]3(C)CC(=O)N(C)C(=N)N3)cc2N)c1. The molecule has 0 spiro atoms. The van der Waals surface area contributed by atoms with Crippen LogP contribution in [-0.4, -0.2) is 28.8 Å². The van der Waals surface area contributed by atoms with Crippen LogP contribution in [0.25, 0.3) is 10.4 Å². The number of nitrogens with two attached hydrogens (primary N) is 1. The number of thiophene rings is 1. The minimum Gasteiger partial charge on any atom is -0.398 e. The molecule has 1 saturated heterocycles. The van der Waals surface area contributed by atoms with Crippen molar-refractivity contribution < 1.29 is 4.79 Å². The van der Waals surface area contributed by atoms with Crippen LogP contribution in [0.5, 0.6) is 0 Å². The number of nitrogens with one attached hydrogen (secondary N) is 2. The Labute approximate surface area is 138 Å². The highest BCUT2D eigenvalue weighted by Crippen LogP contribution is 2.41. The van der Waals surface area contributed by atoms with Gasteiger partial charge in [-0.3, -0.25) is 20.1 Å². The zero-order chi connectivity index (χ0) is 16.8. The molecule has 1 aliphatic heterocycles. The standard InChI is InChI=1S/C16H19N5OS/c1-9-4-10(8-19-7-9)14-11(17)5-12(23-14)16(2)6-13(22)21(3)15(18)20-16/h4-5,7-8H,6,17H2,1-3H3,(H2,18,20)/t16-/m0/s1. The molecule has 4 N–H and O–H groups in total. The molecule has 0 aromatic carbocycles. The number of carbonyl (C=O) groups is 1. The minimum atomic E-state index is -0.616. The van der Waals surface area contributed by atoms with E-state index in [1.165, 1.54) is 16.2 Å². The molecule has 1 atom stereocenters. The van der Waals surface area contributed by atoms with E-state index in [0.717, 1.165) is 20.9 Å². The van der Waals surface area contributed by atoms with E-state index in [4.69, 9.17) is 11.1 Å². The Balaban J connectivity index is 2.00. The number of anilines is 1. The zero-order valence-electron chi connectivity index (χ0n) is 13.3. The van der Waals surface area contributed by atoms with Crippen molar-refractivity contribution in [2.75, 3.05) is 12.8 Å². The van der Waals surface area contributed by atoms with E-state index in [1.807, 2.05) is 26.0 Å². The summed E-state index contributed by atoms with van der Waals surface area (Å²) in [4.78, 5) is 19.5. The van der Waals surface area contributed by atoms with Crippen LogP contribution in [0, 0.1) is 12.3 Å². The summed E-state index contributed by atoms with van der Waals surface area (Å²) in [6, 6.07) is 3.93. The maximum absolute atomic E-state index is 12.1. The van der Waals surface area contributed by atoms with E-state index < -0.39 is 5.54 Å². The lowest BCUT2D eigenvalue weighted by atomic mass is 9.93. The summed E-state index contributed by atoms with van der Waals surface area (Å²) in [5.74, 6) is 0.0245. The Morgan fingerprint density at radius 2 is 2.17 bits per heavy atom. The molecule has 7 heteroatoms. The van der Waals surface area contributed by atoms with Crippen molar-refractivity contribution in [1.29, 1.82) is 5.41 Å². The van der Waals surface area contributed by atoms with Crippen molar-refractivity contribution in [3.05, 3.63) is 35.0 Å². The Bertz CT molecular complexity index is 780. The van der Waals surface area contributed by atoms with E-state index in [1.54, 1.807) is 19.4 Å². The number of nitrogen functional groups attached to an aromatic ring is 1. The quantitative estimate of drug-likeness (QED) is 0.788. The van der Waals surface area contributed by atoms with Gasteiger partial charge >= 0.3 is 0 Å². The van der Waals surface area contributed by atoms with Crippen molar-refractivity contribution in [1.82, 2.24) is 15.2 Å². The van der Waals surface area contributed by atoms with Gasteiger partial charge in [0.05, 0.1) is 22.5 Å². The molecule has 0 unspecified atom stereocenters. The van der Waals surface area contributed by atoms with E-state index >= 15 is 0 Å². The van der Waals surface area contributed by atoms with Crippen LogP contribution in [0.2, 0.25) is 0 Å². The first-order valence-electron chi connectivity index (χ1n) is 7.25. The summed E-state index contributed by atoms with van der Waals surface area (Å²) in [7, 11) is 1.60. The molecule has 3 rings (SSSR count). The lowest BCUT2D eigenvalue weighted by molar-refractivity contribution is -0.129. The Hall–Kier alpha value is -2.41. The van der Waals surface area contributed by atoms with Crippen LogP contribution in [0.4, 0.5) is 5.69 Å². The van der Waals surface area contributed by atoms with Crippen molar-refractivity contribution in [2.24, 2.45) is 0 Å². The number of amides is 1. The second kappa shape index (κ2) is 5.34. The van der Waals surface area contributed by atoms with Crippen molar-refractivity contribution in [2.45, 2.75) is 25.8 Å². The van der Waals surface area contributed by atoms with Gasteiger partial charge in [-0.05, 0) is 31.5 Å². The second-order valence-corrected chi connectivity index (χ2v) is 7.13. The van der Waals surface area contributed by atoms with Crippen LogP contribution >= 0.6 is 11.3 Å². The van der Waals surface area contributed by atoms with E-state index in [2.05, 4.69) is 10.3 Å². The molecule has 0 bridgehead atoms. The van der Waals surface area contributed by atoms with E-state index in [9.17, 15) is 4.79 Å². The van der Waals surface area contributed by atoms with E-state index in [0.29, 0.717) is 5.69 Å². The van der Waals surface area contributed by atoms with Crippen molar-refractivity contribution >= 4 is 28.9 Å². The topological polar surface area (TPSA) is 95.1 Å². The second-order valence-electron chi connectivity index (χ2n) is 6.08. The fraction of sp³-hybridized carbons (Fsp3) is 0.312. The number of aryl methyl sites for hydroxylation is 1. The fourth-order valence-corrected chi connectivity index (χ4v) is 3.83. The molecule has 1 fully saturated rings. The van der Waals surface area contributed by atoms with Gasteiger partial charge in [-0.2, -0.15) is 0 Å². The molecule has 0 aliphatic carbocycles. The summed E-state index contributed by atoms with van der Waals surface area (Å²) in [6.45, 7) is 3.91. The highest BCUT2D eigenvalue weighted by Gasteiger charge is 2.39. The average molecular weight is 329 g/mol. The molecule has 1 amide bonds. The van der Waals surface area contributed by atoms with Gasteiger partial charge in [0.25, 0.3) is 0 Å². The lowest BCUT2D eigenvalue weighted by Crippen LogP contribution is -2.57. The van der Waals surface area contributed by atoms with Crippen LogP contribution in [0.1, 0.15) is 23.8 Å². The molecular formula is C16H19N5OS. The Kier molecular flexibility index (Phi) is 3.60. The van der Waals surface area contributed by atoms with E-state index in [-0.39, 0.29) is 18.3 Å². The molecule has 120 valence electrons. The van der Waals surface area contributed by atoms with Gasteiger partial charge in [0.2, 0.25) is 5.91 Å². The molecule has 0 saturated carbocycles. The van der Waals surface area contributed by atoms with Gasteiger partial charge in [0.1, 0.15) is 0 Å². The monoisotopic (exact) mass is 329 g/mol. The van der Waals surface area contributed by atoms with Gasteiger partial charge < -0.3 is 11.1 Å². The maximum Gasteiger partial charge on any atom is 0.231 e. The van der Waals surface area contributed by atoms with Crippen LogP contribution in [0.15, 0.2) is 24.5 Å². The first-order chi connectivity index (χ1) is 10.8. The maximum atomic E-state index is 12.1. The zero-order valence-corrected chi connectivity index (χ0v) is 14.1. The third-order valence-corrected chi connectivity index (χ3v) is 5.51. The molecule has 3 heterocycles. The number of hydrogen-bond donors (Lipinski definition) is 3. The first kappa shape index (κ1) is 15.5. The number of hydrogen-bond acceptors (Lipinski definition) is 5. The van der Waals surface area contributed by atoms with Gasteiger partial charge in [-0.25, -0.2) is 0 Å². The summed E-state index contributed by atoms with van der Waals surface area (Å²) in [5, 5.41) is 11.1. The molecule has 23 heavy (non-hydrogen) atoms. The smallest absolute Gasteiger partial charge is 0.231 e. The van der Waals surface area contributed by atoms with Gasteiger partial charge in [0.15, 0.2) is 5.96 Å². The van der Waals surface area contributed by atoms with Crippen molar-refractivity contribution in [3.63, 3.8) is 0 Å². The van der Waals surface area contributed by atoms with Gasteiger partial charge in [-0.15, -0.1) is 11.3 Å². The van der Waals surface area contributed by atoms with Crippen molar-refractivity contribution in [3.8, 4) is 10.4 Å². The van der Waals surface area contributed by atoms with Gasteiger partial charge in [0, 0.05) is 29.9 Å². The predicted octanol–water partition coefficient (Wildman–Crippen LogP) is 2.30. The number of aromatic nitrogens is 1. The molecule has 2 aromatic heterocycles. The third-order valence-electron chi connectivity index (χ3n) is 4.05. The fourth-order valence-electron chi connectivity index (χ4n) is 2.67. The predicted molar refractivity (Wildman–Crippen MR) is 92.3 cm³/mol. The normalized spacial score (nSPS) is 21.4. The summed E-state index contributed by atoms with van der Waals surface area (Å²) in [5.41, 5.74) is 8.28. The molecule has 6 nitrogen and oxygen atoms in total. The molecule has 1 aliphatic rings. The number of nitrogens with zero attached hydrogens (tertiary/aromatic N) is 2. The number of pyridine rings is 1. The number of carbonyl (C=O) groups excluding carboxylic acids is 1. The summed E-state index contributed by atoms with van der Waals surface area (Å²) >= 11 is 1.54. The average Bonchev–Trinajstić information content (AvgIpc) is 2.87. The Morgan fingerprint density at radius 3 is 2.83 bits per heavy atom. The highest BCUT2D eigenvalue weighted by atomic mass is 32.1. The largest absolute Gasteiger partial charge is 0.398 e. The summed E-state index contributed by atoms with van der Waals surface area (Å²) in [6.07, 6.45) is 3.88. The van der Waals surface area contributed by atoms with Crippen LogP contribution < -0.4 is 11.1 Å². The van der Waals surface area contributed by atoms with Crippen LogP contribution in [0.3, 0.4) is 0 Å². The minimum absolute atomic E-state index is 0.0815. The third kappa shape index (κ3) is 2.68.